The Labute approximate surface area is 139 Å². The second-order valence-electron chi connectivity index (χ2n) is 6.92. The van der Waals surface area contributed by atoms with E-state index in [9.17, 15) is 14.9 Å². The Hall–Kier alpha value is -2.57. The van der Waals surface area contributed by atoms with Crippen molar-refractivity contribution in [2.45, 2.75) is 27.7 Å². The van der Waals surface area contributed by atoms with Crippen LogP contribution in [-0.2, 0) is 4.79 Å². The van der Waals surface area contributed by atoms with Crippen molar-refractivity contribution in [3.63, 3.8) is 0 Å². The lowest BCUT2D eigenvalue weighted by Crippen LogP contribution is -2.14. The lowest BCUT2D eigenvalue weighted by atomic mass is 10.1. The molecule has 128 valence electrons. The lowest BCUT2D eigenvalue weighted by molar-refractivity contribution is -0.385. The standard InChI is InChI=1S/C17H19NO6/c1-9(2)5-10-15(17(10,3)4)16(19)24-12-7-14-13(22-8-23-14)6-11(12)18(20)21/h5-7,10,15H,8H2,1-4H3. The number of rotatable bonds is 4. The van der Waals surface area contributed by atoms with Gasteiger partial charge >= 0.3 is 11.7 Å². The van der Waals surface area contributed by atoms with Crippen molar-refractivity contribution in [3.05, 3.63) is 33.9 Å². The van der Waals surface area contributed by atoms with E-state index in [1.54, 1.807) is 0 Å². The molecule has 1 fully saturated rings. The van der Waals surface area contributed by atoms with Gasteiger partial charge < -0.3 is 14.2 Å². The molecule has 2 aliphatic rings. The number of benzene rings is 1. The molecule has 2 atom stereocenters. The molecule has 0 N–H and O–H groups in total. The third-order valence-corrected chi connectivity index (χ3v) is 4.54. The topological polar surface area (TPSA) is 87.9 Å². The molecule has 2 unspecified atom stereocenters. The van der Waals surface area contributed by atoms with E-state index in [1.165, 1.54) is 12.1 Å². The van der Waals surface area contributed by atoms with Gasteiger partial charge in [-0.05, 0) is 25.2 Å². The van der Waals surface area contributed by atoms with Crippen LogP contribution >= 0.6 is 0 Å². The predicted octanol–water partition coefficient (Wildman–Crippen LogP) is 3.47. The van der Waals surface area contributed by atoms with Crippen molar-refractivity contribution in [1.29, 1.82) is 0 Å². The van der Waals surface area contributed by atoms with Crippen molar-refractivity contribution in [2.75, 3.05) is 6.79 Å². The van der Waals surface area contributed by atoms with E-state index in [4.69, 9.17) is 14.2 Å². The summed E-state index contributed by atoms with van der Waals surface area (Å²) in [6, 6.07) is 2.56. The van der Waals surface area contributed by atoms with E-state index in [1.807, 2.05) is 33.8 Å². The van der Waals surface area contributed by atoms with Crippen LogP contribution in [0.2, 0.25) is 0 Å². The molecular weight excluding hydrogens is 314 g/mol. The van der Waals surface area contributed by atoms with Crippen LogP contribution in [0.5, 0.6) is 17.2 Å². The minimum Gasteiger partial charge on any atom is -0.453 e. The van der Waals surface area contributed by atoms with Gasteiger partial charge in [-0.3, -0.25) is 14.9 Å². The van der Waals surface area contributed by atoms with E-state index < -0.39 is 10.9 Å². The number of hydrogen-bond donors (Lipinski definition) is 0. The molecule has 0 radical (unpaired) electrons. The summed E-state index contributed by atoms with van der Waals surface area (Å²) < 4.78 is 15.7. The molecular formula is C17H19NO6. The molecule has 1 aromatic carbocycles. The fourth-order valence-electron chi connectivity index (χ4n) is 3.11. The predicted molar refractivity (Wildman–Crippen MR) is 85.0 cm³/mol. The second-order valence-corrected chi connectivity index (χ2v) is 6.92. The first-order valence-electron chi connectivity index (χ1n) is 7.66. The second kappa shape index (κ2) is 5.51. The number of ether oxygens (including phenoxy) is 3. The number of hydrogen-bond acceptors (Lipinski definition) is 6. The van der Waals surface area contributed by atoms with Gasteiger partial charge in [0, 0.05) is 6.07 Å². The number of fused-ring (bicyclic) bond motifs is 1. The number of allylic oxidation sites excluding steroid dienone is 2. The van der Waals surface area contributed by atoms with Gasteiger partial charge in [0.25, 0.3) is 0 Å². The monoisotopic (exact) mass is 333 g/mol. The minimum absolute atomic E-state index is 0.0117. The first kappa shape index (κ1) is 16.3. The van der Waals surface area contributed by atoms with E-state index >= 15 is 0 Å². The van der Waals surface area contributed by atoms with Crippen LogP contribution in [0.4, 0.5) is 5.69 Å². The fraction of sp³-hybridized carbons (Fsp3) is 0.471. The van der Waals surface area contributed by atoms with Crippen LogP contribution in [0.25, 0.3) is 0 Å². The van der Waals surface area contributed by atoms with Crippen LogP contribution in [0.3, 0.4) is 0 Å². The molecule has 0 bridgehead atoms. The van der Waals surface area contributed by atoms with Gasteiger partial charge in [-0.25, -0.2) is 0 Å². The smallest absolute Gasteiger partial charge is 0.315 e. The molecule has 1 aliphatic heterocycles. The Morgan fingerprint density at radius 3 is 2.54 bits per heavy atom. The van der Waals surface area contributed by atoms with Crippen LogP contribution < -0.4 is 14.2 Å². The average molecular weight is 333 g/mol. The molecule has 0 spiro atoms. The number of nitrogens with zero attached hydrogens (tertiary/aromatic N) is 1. The van der Waals surface area contributed by atoms with Gasteiger partial charge in [0.1, 0.15) is 0 Å². The Kier molecular flexibility index (Phi) is 3.74. The van der Waals surface area contributed by atoms with E-state index in [0.29, 0.717) is 5.75 Å². The maximum absolute atomic E-state index is 12.5. The van der Waals surface area contributed by atoms with Crippen molar-refractivity contribution < 1.29 is 23.9 Å². The molecule has 3 rings (SSSR count). The van der Waals surface area contributed by atoms with Gasteiger partial charge in [0.05, 0.1) is 16.9 Å². The highest BCUT2D eigenvalue weighted by Gasteiger charge is 2.61. The Morgan fingerprint density at radius 1 is 1.33 bits per heavy atom. The van der Waals surface area contributed by atoms with Crippen molar-refractivity contribution in [3.8, 4) is 17.2 Å². The van der Waals surface area contributed by atoms with Crippen LogP contribution in [0, 0.1) is 27.4 Å². The largest absolute Gasteiger partial charge is 0.453 e. The van der Waals surface area contributed by atoms with E-state index in [2.05, 4.69) is 0 Å². The quantitative estimate of drug-likeness (QED) is 0.276. The number of esters is 1. The molecule has 0 saturated heterocycles. The summed E-state index contributed by atoms with van der Waals surface area (Å²) in [6.07, 6.45) is 2.04. The van der Waals surface area contributed by atoms with Gasteiger partial charge in [-0.2, -0.15) is 0 Å². The molecule has 7 heteroatoms. The SMILES string of the molecule is CC(C)=CC1C(C(=O)Oc2cc3c(cc2[N+](=O)[O-])OCO3)C1(C)C. The molecule has 1 saturated carbocycles. The summed E-state index contributed by atoms with van der Waals surface area (Å²) in [6.45, 7) is 7.90. The Balaban J connectivity index is 1.85. The molecule has 0 aromatic heterocycles. The van der Waals surface area contributed by atoms with Crippen LogP contribution in [0.15, 0.2) is 23.8 Å². The number of carbonyl (C=O) groups is 1. The molecule has 24 heavy (non-hydrogen) atoms. The highest BCUT2D eigenvalue weighted by Crippen LogP contribution is 2.60. The summed E-state index contributed by atoms with van der Waals surface area (Å²) in [4.78, 5) is 23.1. The number of carbonyl (C=O) groups excluding carboxylic acids is 1. The van der Waals surface area contributed by atoms with E-state index in [-0.39, 0.29) is 41.2 Å². The van der Waals surface area contributed by atoms with Gasteiger partial charge in [-0.15, -0.1) is 0 Å². The Bertz CT molecular complexity index is 748. The number of nitro benzene ring substituents is 1. The lowest BCUT2D eigenvalue weighted by Gasteiger charge is -2.07. The summed E-state index contributed by atoms with van der Waals surface area (Å²) in [5, 5.41) is 11.2. The van der Waals surface area contributed by atoms with Crippen LogP contribution in [0.1, 0.15) is 27.7 Å². The molecule has 0 amide bonds. The normalized spacial score (nSPS) is 22.7. The molecule has 1 aromatic rings. The molecule has 1 aliphatic carbocycles. The third kappa shape index (κ3) is 2.70. The van der Waals surface area contributed by atoms with Gasteiger partial charge in [0.15, 0.2) is 11.5 Å². The maximum atomic E-state index is 12.5. The third-order valence-electron chi connectivity index (χ3n) is 4.54. The van der Waals surface area contributed by atoms with Gasteiger partial charge in [0.2, 0.25) is 12.5 Å². The maximum Gasteiger partial charge on any atom is 0.315 e. The number of nitro groups is 1. The molecule has 7 nitrogen and oxygen atoms in total. The zero-order valence-electron chi connectivity index (χ0n) is 14.0. The Morgan fingerprint density at radius 2 is 1.96 bits per heavy atom. The zero-order chi connectivity index (χ0) is 17.6. The summed E-state index contributed by atoms with van der Waals surface area (Å²) in [7, 11) is 0. The zero-order valence-corrected chi connectivity index (χ0v) is 14.0. The summed E-state index contributed by atoms with van der Waals surface area (Å²) >= 11 is 0. The van der Waals surface area contributed by atoms with Crippen molar-refractivity contribution in [1.82, 2.24) is 0 Å². The first-order valence-corrected chi connectivity index (χ1v) is 7.66. The van der Waals surface area contributed by atoms with Crippen molar-refractivity contribution in [2.24, 2.45) is 17.3 Å². The van der Waals surface area contributed by atoms with Crippen LogP contribution in [-0.4, -0.2) is 17.7 Å². The van der Waals surface area contributed by atoms with Gasteiger partial charge in [-0.1, -0.05) is 25.5 Å². The summed E-state index contributed by atoms with van der Waals surface area (Å²) in [5.74, 6) is -0.229. The first-order chi connectivity index (χ1) is 11.2. The highest BCUT2D eigenvalue weighted by molar-refractivity contribution is 5.81. The highest BCUT2D eigenvalue weighted by atomic mass is 16.7. The van der Waals surface area contributed by atoms with Crippen molar-refractivity contribution >= 4 is 11.7 Å². The van der Waals surface area contributed by atoms with E-state index in [0.717, 1.165) is 5.57 Å². The molecule has 1 heterocycles. The fourth-order valence-corrected chi connectivity index (χ4v) is 3.11. The average Bonchev–Trinajstić information content (AvgIpc) is 2.83. The minimum atomic E-state index is -0.601. The summed E-state index contributed by atoms with van der Waals surface area (Å²) in [5.41, 5.74) is 0.585.